The van der Waals surface area contributed by atoms with Crippen molar-refractivity contribution in [3.8, 4) is 0 Å². The molecule has 2 aromatic carbocycles. The molecule has 1 heterocycles. The van der Waals surface area contributed by atoms with Gasteiger partial charge in [-0.2, -0.15) is 0 Å². The first-order valence-corrected chi connectivity index (χ1v) is 9.20. The van der Waals surface area contributed by atoms with E-state index < -0.39 is 0 Å². The molecule has 4 heteroatoms. The Balaban J connectivity index is 2.02. The van der Waals surface area contributed by atoms with E-state index in [-0.39, 0.29) is 22.9 Å². The lowest BCUT2D eigenvalue weighted by atomic mass is 9.85. The number of hydrogen-bond donors (Lipinski definition) is 0. The second-order valence-corrected chi connectivity index (χ2v) is 7.20. The van der Waals surface area contributed by atoms with Crippen molar-refractivity contribution in [3.63, 3.8) is 0 Å². The molecule has 0 amide bonds. The highest BCUT2D eigenvalue weighted by molar-refractivity contribution is 8.04. The molecular weight excluding hydrogens is 332 g/mol. The molecule has 2 unspecified atom stereocenters. The van der Waals surface area contributed by atoms with Gasteiger partial charge in [-0.25, -0.2) is 4.79 Å². The standard InChI is InChI=1S/C21H20O3S/c1-3-24-21(23)17-14(2)25-20(18(17)15-10-6-4-7-11-15)19(22)16-12-8-5-9-13-16/h4-13,18,20H,3H2,1-2H3. The van der Waals surface area contributed by atoms with Crippen molar-refractivity contribution in [3.05, 3.63) is 82.3 Å². The molecule has 2 atom stereocenters. The molecule has 0 aliphatic carbocycles. The van der Waals surface area contributed by atoms with E-state index in [4.69, 9.17) is 4.74 Å². The fraction of sp³-hybridized carbons (Fsp3) is 0.238. The summed E-state index contributed by atoms with van der Waals surface area (Å²) in [5, 5.41) is -0.357. The Morgan fingerprint density at radius 3 is 2.20 bits per heavy atom. The van der Waals surface area contributed by atoms with Crippen molar-refractivity contribution in [2.45, 2.75) is 25.0 Å². The summed E-state index contributed by atoms with van der Waals surface area (Å²) in [7, 11) is 0. The fourth-order valence-electron chi connectivity index (χ4n) is 3.15. The van der Waals surface area contributed by atoms with Crippen molar-refractivity contribution < 1.29 is 14.3 Å². The van der Waals surface area contributed by atoms with Gasteiger partial charge in [0.2, 0.25) is 0 Å². The maximum Gasteiger partial charge on any atom is 0.335 e. The maximum atomic E-state index is 13.1. The first-order valence-electron chi connectivity index (χ1n) is 8.32. The summed E-state index contributed by atoms with van der Waals surface area (Å²) in [6, 6.07) is 19.0. The molecule has 128 valence electrons. The number of thioether (sulfide) groups is 1. The first kappa shape index (κ1) is 17.5. The molecule has 0 radical (unpaired) electrons. The van der Waals surface area contributed by atoms with E-state index in [1.54, 1.807) is 6.92 Å². The molecule has 0 saturated heterocycles. The van der Waals surface area contributed by atoms with E-state index in [9.17, 15) is 9.59 Å². The number of benzene rings is 2. The quantitative estimate of drug-likeness (QED) is 0.582. The zero-order valence-electron chi connectivity index (χ0n) is 14.3. The molecule has 0 N–H and O–H groups in total. The fourth-order valence-corrected chi connectivity index (χ4v) is 4.54. The molecule has 0 aromatic heterocycles. The van der Waals surface area contributed by atoms with Crippen LogP contribution in [0.15, 0.2) is 71.1 Å². The Labute approximate surface area is 152 Å². The molecule has 0 fully saturated rings. The van der Waals surface area contributed by atoms with Crippen LogP contribution >= 0.6 is 11.8 Å². The minimum Gasteiger partial charge on any atom is -0.463 e. The molecule has 0 bridgehead atoms. The van der Waals surface area contributed by atoms with Crippen LogP contribution in [0, 0.1) is 0 Å². The molecule has 25 heavy (non-hydrogen) atoms. The zero-order valence-corrected chi connectivity index (χ0v) is 15.1. The van der Waals surface area contributed by atoms with Crippen LogP contribution in [0.3, 0.4) is 0 Å². The van der Waals surface area contributed by atoms with E-state index >= 15 is 0 Å². The van der Waals surface area contributed by atoms with Crippen LogP contribution in [-0.4, -0.2) is 23.6 Å². The molecule has 1 aliphatic rings. The SMILES string of the molecule is CCOC(=O)C1=C(C)SC(C(=O)c2ccccc2)C1c1ccccc1. The number of ether oxygens (including phenoxy) is 1. The number of carbonyl (C=O) groups excluding carboxylic acids is 2. The highest BCUT2D eigenvalue weighted by Crippen LogP contribution is 2.49. The average molecular weight is 352 g/mol. The van der Waals surface area contributed by atoms with Crippen molar-refractivity contribution in [2.75, 3.05) is 6.61 Å². The van der Waals surface area contributed by atoms with Crippen LogP contribution in [0.5, 0.6) is 0 Å². The highest BCUT2D eigenvalue weighted by atomic mass is 32.2. The molecule has 0 spiro atoms. The Bertz CT molecular complexity index is 796. The lowest BCUT2D eigenvalue weighted by Gasteiger charge is -2.21. The molecule has 3 rings (SSSR count). The van der Waals surface area contributed by atoms with Crippen molar-refractivity contribution in [1.82, 2.24) is 0 Å². The highest BCUT2D eigenvalue weighted by Gasteiger charge is 2.43. The Hall–Kier alpha value is -2.33. The molecule has 0 saturated carbocycles. The summed E-state index contributed by atoms with van der Waals surface area (Å²) in [4.78, 5) is 26.5. The van der Waals surface area contributed by atoms with Gasteiger partial charge >= 0.3 is 5.97 Å². The van der Waals surface area contributed by atoms with Gasteiger partial charge in [0, 0.05) is 11.5 Å². The van der Waals surface area contributed by atoms with Crippen LogP contribution in [0.1, 0.15) is 35.7 Å². The van der Waals surface area contributed by atoms with E-state index in [0.29, 0.717) is 17.7 Å². The predicted octanol–water partition coefficient (Wildman–Crippen LogP) is 4.61. The van der Waals surface area contributed by atoms with Gasteiger partial charge in [-0.05, 0) is 24.3 Å². The summed E-state index contributed by atoms with van der Waals surface area (Å²) in [5.74, 6) is -0.583. The topological polar surface area (TPSA) is 43.4 Å². The number of carbonyl (C=O) groups is 2. The van der Waals surface area contributed by atoms with Crippen LogP contribution in [0.25, 0.3) is 0 Å². The van der Waals surface area contributed by atoms with Gasteiger partial charge in [0.25, 0.3) is 0 Å². The number of allylic oxidation sites excluding steroid dienone is 1. The zero-order chi connectivity index (χ0) is 17.8. The number of rotatable bonds is 5. The summed E-state index contributed by atoms with van der Waals surface area (Å²) in [6.07, 6.45) is 0. The maximum absolute atomic E-state index is 13.1. The van der Waals surface area contributed by atoms with Crippen LogP contribution in [-0.2, 0) is 9.53 Å². The van der Waals surface area contributed by atoms with Gasteiger partial charge in [0.05, 0.1) is 17.4 Å². The third-order valence-corrected chi connectivity index (χ3v) is 5.58. The minimum atomic E-state index is -0.357. The summed E-state index contributed by atoms with van der Waals surface area (Å²) < 4.78 is 5.26. The normalized spacial score (nSPS) is 19.8. The number of ketones is 1. The largest absolute Gasteiger partial charge is 0.463 e. The van der Waals surface area contributed by atoms with E-state index in [1.165, 1.54) is 11.8 Å². The van der Waals surface area contributed by atoms with Crippen molar-refractivity contribution in [2.24, 2.45) is 0 Å². The van der Waals surface area contributed by atoms with Crippen molar-refractivity contribution in [1.29, 1.82) is 0 Å². The Morgan fingerprint density at radius 1 is 1.00 bits per heavy atom. The third-order valence-electron chi connectivity index (χ3n) is 4.27. The molecule has 3 nitrogen and oxygen atoms in total. The molecular formula is C21H20O3S. The van der Waals surface area contributed by atoms with Gasteiger partial charge in [-0.3, -0.25) is 4.79 Å². The average Bonchev–Trinajstić information content (AvgIpc) is 3.00. The van der Waals surface area contributed by atoms with Crippen LogP contribution in [0.2, 0.25) is 0 Å². The van der Waals surface area contributed by atoms with Gasteiger partial charge in [-0.1, -0.05) is 60.7 Å². The lowest BCUT2D eigenvalue weighted by molar-refractivity contribution is -0.138. The molecule has 2 aromatic rings. The summed E-state index contributed by atoms with van der Waals surface area (Å²) in [6.45, 7) is 4.00. The number of Topliss-reactive ketones (excluding diaryl/α,β-unsaturated/α-hetero) is 1. The minimum absolute atomic E-state index is 0.0399. The second-order valence-electron chi connectivity index (χ2n) is 5.85. The Kier molecular flexibility index (Phi) is 5.39. The second kappa shape index (κ2) is 7.70. The van der Waals surface area contributed by atoms with Crippen LogP contribution < -0.4 is 0 Å². The predicted molar refractivity (Wildman–Crippen MR) is 101 cm³/mol. The monoisotopic (exact) mass is 352 g/mol. The number of hydrogen-bond acceptors (Lipinski definition) is 4. The smallest absolute Gasteiger partial charge is 0.335 e. The summed E-state index contributed by atoms with van der Waals surface area (Å²) >= 11 is 1.46. The van der Waals surface area contributed by atoms with E-state index in [2.05, 4.69) is 0 Å². The summed E-state index contributed by atoms with van der Waals surface area (Å²) in [5.41, 5.74) is 2.23. The Morgan fingerprint density at radius 2 is 1.60 bits per heavy atom. The van der Waals surface area contributed by atoms with Gasteiger partial charge in [0.1, 0.15) is 0 Å². The van der Waals surface area contributed by atoms with Crippen molar-refractivity contribution >= 4 is 23.5 Å². The molecule has 1 aliphatic heterocycles. The first-order chi connectivity index (χ1) is 12.1. The number of esters is 1. The third kappa shape index (κ3) is 3.54. The van der Waals surface area contributed by atoms with E-state index in [1.807, 2.05) is 67.6 Å². The van der Waals surface area contributed by atoms with Crippen LogP contribution in [0.4, 0.5) is 0 Å². The van der Waals surface area contributed by atoms with E-state index in [0.717, 1.165) is 10.5 Å². The van der Waals surface area contributed by atoms with Gasteiger partial charge in [-0.15, -0.1) is 11.8 Å². The van der Waals surface area contributed by atoms with Gasteiger partial charge < -0.3 is 4.74 Å². The van der Waals surface area contributed by atoms with Gasteiger partial charge in [0.15, 0.2) is 5.78 Å². The lowest BCUT2D eigenvalue weighted by Crippen LogP contribution is -2.26.